The van der Waals surface area contributed by atoms with Crippen LogP contribution in [0.25, 0.3) is 129 Å². The number of carbonyl (C=O) groups is 12. The summed E-state index contributed by atoms with van der Waals surface area (Å²) in [5.74, 6) is -4.36. The zero-order valence-corrected chi connectivity index (χ0v) is 77.0. The fraction of sp³-hybridized carbons (Fsp3) is 0.276. The number of esters is 4. The summed E-state index contributed by atoms with van der Waals surface area (Å²) in [6.45, 7) is 10.0. The summed E-state index contributed by atoms with van der Waals surface area (Å²) in [6.07, 6.45) is 13.0. The van der Waals surface area contributed by atoms with Crippen LogP contribution in [0.3, 0.4) is 0 Å². The van der Waals surface area contributed by atoms with Gasteiger partial charge in [-0.05, 0) is 255 Å². The summed E-state index contributed by atoms with van der Waals surface area (Å²) in [4.78, 5) is 184. The summed E-state index contributed by atoms with van der Waals surface area (Å²) in [5.41, 5.74) is 5.13. The third kappa shape index (κ3) is 13.6. The van der Waals surface area contributed by atoms with Gasteiger partial charge in [-0.25, -0.2) is 19.2 Å². The van der Waals surface area contributed by atoms with Crippen LogP contribution in [0, 0.1) is 0 Å². The van der Waals surface area contributed by atoms with E-state index in [1.165, 1.54) is 14.7 Å². The van der Waals surface area contributed by atoms with Gasteiger partial charge in [-0.15, -0.1) is 0 Å². The lowest BCUT2D eigenvalue weighted by Gasteiger charge is -2.37. The summed E-state index contributed by atoms with van der Waals surface area (Å²) in [5, 5.41) is 14.5. The lowest BCUT2D eigenvalue weighted by molar-refractivity contribution is 0.0485. The van der Waals surface area contributed by atoms with Gasteiger partial charge in [0.15, 0.2) is 11.6 Å². The highest BCUT2D eigenvalue weighted by molar-refractivity contribution is 6.46. The Morgan fingerprint density at radius 2 is 0.594 bits per heavy atom. The molecule has 17 aromatic carbocycles. The number of piperidine rings is 1. The largest absolute Gasteiger partial charge is 0.462 e. The predicted molar refractivity (Wildman–Crippen MR) is 530 cm³/mol. The van der Waals surface area contributed by atoms with E-state index < -0.39 is 65.4 Å². The highest BCUT2D eigenvalue weighted by Gasteiger charge is 2.46. The van der Waals surface area contributed by atoms with Crippen molar-refractivity contribution in [2.75, 3.05) is 52.6 Å². The number of fused-ring (bicyclic) bond motifs is 6. The SMILES string of the molecule is CCCCOC(=O)c1ccc2c3ccc4c5c(ccc(c6ccc(C(=O)OCCCC)c1c26)c53)C(=O)N(CCc1ccc(Oc2cc3c5c(ccc6c7c(Oc8ccc(CCN9C(=O)c%10ccc%11c%12ccc(C(=O)OCCCC)c%13c(C(=O)OCCCC)ccc(c%14ccc(c%10c%11%14)C9=O)c%13%12)cc8)cc8c9c(ccc(c2c56)c97)C(=O)N(C2CCCCC2)C8=O)C(=O)C(N2CCCCC2)C3=O)cc1)C4=O. The minimum Gasteiger partial charge on any atom is -0.462 e. The third-order valence-corrected chi connectivity index (χ3v) is 29.7. The van der Waals surface area contributed by atoms with Crippen molar-refractivity contribution >= 4 is 200 Å². The average Bonchev–Trinajstić information content (AvgIpc) is 0.676. The minimum atomic E-state index is -1.10. The van der Waals surface area contributed by atoms with Gasteiger partial charge in [-0.3, -0.25) is 58.0 Å². The van der Waals surface area contributed by atoms with Gasteiger partial charge in [0, 0.05) is 112 Å². The third-order valence-electron chi connectivity index (χ3n) is 29.7. The number of hydrogen-bond acceptors (Lipinski definition) is 19. The van der Waals surface area contributed by atoms with Crippen molar-refractivity contribution in [2.45, 2.75) is 155 Å². The Labute approximate surface area is 791 Å². The number of nitrogens with zero attached hydrogens (tertiary/aromatic N) is 4. The fourth-order valence-corrected chi connectivity index (χ4v) is 23.0. The van der Waals surface area contributed by atoms with Crippen LogP contribution in [-0.4, -0.2) is 155 Å². The Bertz CT molecular complexity index is 7470. The molecule has 0 spiro atoms. The van der Waals surface area contributed by atoms with E-state index in [4.69, 9.17) is 28.4 Å². The molecule has 17 aromatic rings. The number of Topliss-reactive ketones (excluding diaryl/α,β-unsaturated/α-hetero) is 2. The van der Waals surface area contributed by atoms with Crippen molar-refractivity contribution in [3.05, 3.63) is 260 Å². The second-order valence-electron chi connectivity index (χ2n) is 37.7. The lowest BCUT2D eigenvalue weighted by atomic mass is 9.77. The maximum Gasteiger partial charge on any atom is 0.338 e. The van der Waals surface area contributed by atoms with Crippen LogP contribution in [-0.2, 0) is 31.8 Å². The zero-order valence-electron chi connectivity index (χ0n) is 77.0. The molecular formula is C116H96N4O18. The zero-order chi connectivity index (χ0) is 94.5. The number of amides is 6. The van der Waals surface area contributed by atoms with Crippen LogP contribution in [0.15, 0.2) is 182 Å². The molecule has 22 heteroatoms. The van der Waals surface area contributed by atoms with Crippen molar-refractivity contribution in [2.24, 2.45) is 0 Å². The Hall–Kier alpha value is -15.2. The van der Waals surface area contributed by atoms with Crippen molar-refractivity contribution in [1.29, 1.82) is 0 Å². The highest BCUT2D eigenvalue weighted by atomic mass is 16.5. The van der Waals surface area contributed by atoms with Gasteiger partial charge in [0.1, 0.15) is 29.0 Å². The molecule has 22 nitrogen and oxygen atoms in total. The molecule has 0 aromatic heterocycles. The van der Waals surface area contributed by atoms with Crippen molar-refractivity contribution in [3.63, 3.8) is 0 Å². The van der Waals surface area contributed by atoms with E-state index in [0.717, 1.165) is 118 Å². The van der Waals surface area contributed by atoms with Gasteiger partial charge in [0.25, 0.3) is 35.4 Å². The van der Waals surface area contributed by atoms with Crippen molar-refractivity contribution in [1.82, 2.24) is 19.6 Å². The lowest BCUT2D eigenvalue weighted by Crippen LogP contribution is -2.50. The molecule has 2 fully saturated rings. The highest BCUT2D eigenvalue weighted by Crippen LogP contribution is 2.56. The monoisotopic (exact) mass is 1830 g/mol. The Morgan fingerprint density at radius 3 is 0.971 bits per heavy atom. The molecule has 4 aliphatic heterocycles. The minimum absolute atomic E-state index is 0.0169. The molecule has 1 saturated carbocycles. The Morgan fingerprint density at radius 1 is 0.290 bits per heavy atom. The molecule has 23 rings (SSSR count). The first-order valence-electron chi connectivity index (χ1n) is 48.7. The number of carbonyl (C=O) groups excluding carboxylic acids is 12. The van der Waals surface area contributed by atoms with Gasteiger partial charge in [-0.2, -0.15) is 0 Å². The first-order chi connectivity index (χ1) is 67.4. The van der Waals surface area contributed by atoms with Gasteiger partial charge < -0.3 is 28.4 Å². The molecule has 4 heterocycles. The smallest absolute Gasteiger partial charge is 0.338 e. The van der Waals surface area contributed by atoms with Crippen LogP contribution in [0.4, 0.5) is 0 Å². The summed E-state index contributed by atoms with van der Waals surface area (Å²) >= 11 is 0. The van der Waals surface area contributed by atoms with Crippen molar-refractivity contribution in [3.8, 4) is 23.0 Å². The molecule has 1 unspecified atom stereocenters. The van der Waals surface area contributed by atoms with E-state index in [1.54, 1.807) is 97.1 Å². The molecule has 0 N–H and O–H groups in total. The molecule has 1 atom stereocenters. The molecule has 2 aliphatic carbocycles. The summed E-state index contributed by atoms with van der Waals surface area (Å²) in [6, 6.07) is 52.5. The normalized spacial score (nSPS) is 15.9. The van der Waals surface area contributed by atoms with E-state index in [-0.39, 0.29) is 115 Å². The second kappa shape index (κ2) is 34.6. The first kappa shape index (κ1) is 86.9. The number of ether oxygens (including phenoxy) is 6. The van der Waals surface area contributed by atoms with Gasteiger partial charge >= 0.3 is 23.9 Å². The number of likely N-dealkylation sites (tertiary alicyclic amines) is 1. The number of hydrogen-bond donors (Lipinski definition) is 0. The van der Waals surface area contributed by atoms with E-state index in [9.17, 15) is 19.2 Å². The van der Waals surface area contributed by atoms with Gasteiger partial charge in [0.2, 0.25) is 0 Å². The number of benzene rings is 17. The van der Waals surface area contributed by atoms with Crippen LogP contribution in [0.5, 0.6) is 23.0 Å². The topological polar surface area (TPSA) is 273 Å². The van der Waals surface area contributed by atoms with E-state index in [2.05, 4.69) is 0 Å². The summed E-state index contributed by atoms with van der Waals surface area (Å²) in [7, 11) is 0. The van der Waals surface area contributed by atoms with E-state index in [1.807, 2.05) is 118 Å². The fourth-order valence-electron chi connectivity index (χ4n) is 23.0. The average molecular weight is 1830 g/mol. The molecule has 0 radical (unpaired) electrons. The van der Waals surface area contributed by atoms with Crippen LogP contribution in [0.2, 0.25) is 0 Å². The molecule has 6 aliphatic rings. The molecule has 0 bridgehead atoms. The van der Waals surface area contributed by atoms with Crippen LogP contribution in [0.1, 0.15) is 266 Å². The summed E-state index contributed by atoms with van der Waals surface area (Å²) < 4.78 is 37.5. The standard InChI is InChI=1S/C116H96N4O18/c1-5-9-55-133-113(129)82-45-33-70-66-29-40-77-95-78(41-30-67(90(66)95)71-34-46-83(98(82)92(70)71)114(130)134-56-10-6-2)108(124)118(107(77)123)53-49-61-21-25-64(26-22-61)137-88-59-86-94-76(105(121)104(106(86)122)117-51-17-14-18-52-117)39-37-74-101-89(60-87-97-81(44-38-75(103(97)101)100(88)102(74)94)111(127)120(112(87)128)63-19-15-13-16-20-63)138-65-27-23-62(24-28-65)50-54-119-109(125)79-42-31-68-72-35-47-84(115(131)135-57-11-7-3)99-85(116(132)136-58-12-8-4)48-36-73(93(72)99)69-32-43-80(110(119)126)96(79)91(68)69/h21-48,59-60,63,104H,5-20,49-58H2,1-4H3. The first-order valence-corrected chi connectivity index (χ1v) is 48.7. The quantitative estimate of drug-likeness (QED) is 0.00838. The Balaban J connectivity index is 0.571. The van der Waals surface area contributed by atoms with Gasteiger partial charge in [0.05, 0.1) is 54.2 Å². The van der Waals surface area contributed by atoms with Crippen LogP contribution < -0.4 is 9.47 Å². The molecule has 1 saturated heterocycles. The number of ketones is 2. The Kier molecular flexibility index (Phi) is 21.8. The van der Waals surface area contributed by atoms with Crippen molar-refractivity contribution < 1.29 is 86.0 Å². The predicted octanol–water partition coefficient (Wildman–Crippen LogP) is 24.1. The van der Waals surface area contributed by atoms with Gasteiger partial charge in [-0.1, -0.05) is 170 Å². The molecule has 688 valence electrons. The number of unbranched alkanes of at least 4 members (excludes halogenated alkanes) is 4. The maximum absolute atomic E-state index is 15.7. The number of imide groups is 3. The van der Waals surface area contributed by atoms with Crippen LogP contribution >= 0.6 is 0 Å². The molecule has 6 amide bonds. The number of rotatable bonds is 28. The maximum atomic E-state index is 15.7. The van der Waals surface area contributed by atoms with E-state index >= 15 is 38.4 Å². The second-order valence-corrected chi connectivity index (χ2v) is 37.7. The molecule has 138 heavy (non-hydrogen) atoms. The van der Waals surface area contributed by atoms with E-state index in [0.29, 0.717) is 183 Å². The molecular weight excluding hydrogens is 1740 g/mol.